The van der Waals surface area contributed by atoms with E-state index in [4.69, 9.17) is 4.74 Å². The average Bonchev–Trinajstić information content (AvgIpc) is 2.67. The molecule has 25 heavy (non-hydrogen) atoms. The molecule has 3 rings (SSSR count). The summed E-state index contributed by atoms with van der Waals surface area (Å²) in [7, 11) is 0. The first-order valence-corrected chi connectivity index (χ1v) is 8.81. The van der Waals surface area contributed by atoms with Gasteiger partial charge in [-0.3, -0.25) is 14.6 Å². The topological polar surface area (TPSA) is 71.5 Å². The SMILES string of the molecule is O=C(C1CCOCC1)N1CCCC(F)(C(=O)NCc2cccnc2)C1. The van der Waals surface area contributed by atoms with Gasteiger partial charge in [-0.2, -0.15) is 0 Å². The number of aromatic nitrogens is 1. The van der Waals surface area contributed by atoms with Gasteiger partial charge in [0.2, 0.25) is 11.6 Å². The normalized spacial score (nSPS) is 24.8. The van der Waals surface area contributed by atoms with Crippen molar-refractivity contribution in [3.63, 3.8) is 0 Å². The van der Waals surface area contributed by atoms with Gasteiger partial charge < -0.3 is 15.0 Å². The summed E-state index contributed by atoms with van der Waals surface area (Å²) in [4.78, 5) is 30.5. The molecule has 1 aromatic heterocycles. The van der Waals surface area contributed by atoms with E-state index in [0.29, 0.717) is 39.0 Å². The first kappa shape index (κ1) is 17.8. The van der Waals surface area contributed by atoms with Crippen molar-refractivity contribution in [2.24, 2.45) is 5.92 Å². The monoisotopic (exact) mass is 349 g/mol. The second-order valence-corrected chi connectivity index (χ2v) is 6.76. The lowest BCUT2D eigenvalue weighted by atomic mass is 9.91. The van der Waals surface area contributed by atoms with Crippen LogP contribution in [0.5, 0.6) is 0 Å². The molecule has 6 nitrogen and oxygen atoms in total. The highest BCUT2D eigenvalue weighted by Gasteiger charge is 2.44. The van der Waals surface area contributed by atoms with Crippen LogP contribution in [-0.2, 0) is 20.9 Å². The lowest BCUT2D eigenvalue weighted by Crippen LogP contribution is -2.56. The fraction of sp³-hybridized carbons (Fsp3) is 0.611. The minimum atomic E-state index is -2.03. The predicted octanol–water partition coefficient (Wildman–Crippen LogP) is 1.46. The molecule has 0 saturated carbocycles. The number of hydrogen-bond donors (Lipinski definition) is 1. The molecule has 2 aliphatic rings. The second kappa shape index (κ2) is 7.91. The molecule has 1 N–H and O–H groups in total. The zero-order valence-electron chi connectivity index (χ0n) is 14.2. The molecule has 7 heteroatoms. The molecule has 2 saturated heterocycles. The number of pyridine rings is 1. The standard InChI is InChI=1S/C18H24FN3O3/c19-18(17(24)21-12-14-3-1-7-20-11-14)6-2-8-22(13-18)16(23)15-4-9-25-10-5-15/h1,3,7,11,15H,2,4-6,8-10,12-13H2,(H,21,24). The van der Waals surface area contributed by atoms with Crippen LogP contribution in [-0.4, -0.2) is 53.7 Å². The molecule has 0 aliphatic carbocycles. The van der Waals surface area contributed by atoms with Crippen LogP contribution in [0.1, 0.15) is 31.2 Å². The van der Waals surface area contributed by atoms with Crippen molar-refractivity contribution in [1.29, 1.82) is 0 Å². The fourth-order valence-electron chi connectivity index (χ4n) is 3.43. The smallest absolute Gasteiger partial charge is 0.259 e. The van der Waals surface area contributed by atoms with E-state index in [1.165, 1.54) is 4.90 Å². The van der Waals surface area contributed by atoms with Gasteiger partial charge >= 0.3 is 0 Å². The van der Waals surface area contributed by atoms with Gasteiger partial charge in [0.15, 0.2) is 0 Å². The Kier molecular flexibility index (Phi) is 5.63. The van der Waals surface area contributed by atoms with Crippen molar-refractivity contribution < 1.29 is 18.7 Å². The number of nitrogens with one attached hydrogen (secondary N) is 1. The Labute approximate surface area is 146 Å². The first-order valence-electron chi connectivity index (χ1n) is 8.81. The van der Waals surface area contributed by atoms with E-state index in [2.05, 4.69) is 10.3 Å². The number of piperidine rings is 1. The lowest BCUT2D eigenvalue weighted by Gasteiger charge is -2.38. The van der Waals surface area contributed by atoms with Gasteiger partial charge in [-0.05, 0) is 37.3 Å². The first-order chi connectivity index (χ1) is 12.1. The van der Waals surface area contributed by atoms with Crippen molar-refractivity contribution in [2.45, 2.75) is 37.9 Å². The Morgan fingerprint density at radius 3 is 2.92 bits per heavy atom. The van der Waals surface area contributed by atoms with Crippen LogP contribution >= 0.6 is 0 Å². The Bertz CT molecular complexity index is 607. The van der Waals surface area contributed by atoms with Gasteiger partial charge in [0.25, 0.3) is 5.91 Å². The van der Waals surface area contributed by atoms with E-state index in [0.717, 1.165) is 5.56 Å². The molecular weight excluding hydrogens is 325 g/mol. The van der Waals surface area contributed by atoms with Crippen LogP contribution in [0.15, 0.2) is 24.5 Å². The number of amides is 2. The molecule has 0 radical (unpaired) electrons. The minimum absolute atomic E-state index is 0.0508. The second-order valence-electron chi connectivity index (χ2n) is 6.76. The molecule has 2 amide bonds. The minimum Gasteiger partial charge on any atom is -0.381 e. The molecule has 1 aromatic rings. The van der Waals surface area contributed by atoms with Gasteiger partial charge in [0.05, 0.1) is 6.54 Å². The quantitative estimate of drug-likeness (QED) is 0.893. The summed E-state index contributed by atoms with van der Waals surface area (Å²) in [6, 6.07) is 3.58. The maximum atomic E-state index is 15.2. The number of ether oxygens (including phenoxy) is 1. The van der Waals surface area contributed by atoms with Gasteiger partial charge in [0, 0.05) is 44.6 Å². The Morgan fingerprint density at radius 2 is 2.20 bits per heavy atom. The molecule has 136 valence electrons. The van der Waals surface area contributed by atoms with Crippen molar-refractivity contribution in [1.82, 2.24) is 15.2 Å². The molecule has 1 unspecified atom stereocenters. The van der Waals surface area contributed by atoms with Crippen LogP contribution < -0.4 is 5.32 Å². The van der Waals surface area contributed by atoms with E-state index >= 15 is 4.39 Å². The maximum Gasteiger partial charge on any atom is 0.259 e. The third-order valence-corrected chi connectivity index (χ3v) is 4.91. The van der Waals surface area contributed by atoms with Crippen LogP contribution in [0.2, 0.25) is 0 Å². The number of halogens is 1. The van der Waals surface area contributed by atoms with Crippen LogP contribution in [0, 0.1) is 5.92 Å². The van der Waals surface area contributed by atoms with Crippen LogP contribution in [0.4, 0.5) is 4.39 Å². The van der Waals surface area contributed by atoms with E-state index < -0.39 is 11.6 Å². The fourth-order valence-corrected chi connectivity index (χ4v) is 3.43. The maximum absolute atomic E-state index is 15.2. The number of likely N-dealkylation sites (tertiary alicyclic amines) is 1. The summed E-state index contributed by atoms with van der Waals surface area (Å²) in [6.45, 7) is 1.71. The van der Waals surface area contributed by atoms with E-state index in [1.54, 1.807) is 18.5 Å². The van der Waals surface area contributed by atoms with Crippen LogP contribution in [0.3, 0.4) is 0 Å². The summed E-state index contributed by atoms with van der Waals surface area (Å²) in [5.74, 6) is -0.819. The molecule has 0 bridgehead atoms. The van der Waals surface area contributed by atoms with E-state index in [-0.39, 0.29) is 31.3 Å². The molecule has 3 heterocycles. The number of carbonyl (C=O) groups is 2. The summed E-state index contributed by atoms with van der Waals surface area (Å²) >= 11 is 0. The highest BCUT2D eigenvalue weighted by atomic mass is 19.1. The summed E-state index contributed by atoms with van der Waals surface area (Å²) < 4.78 is 20.5. The van der Waals surface area contributed by atoms with Gasteiger partial charge in [-0.15, -0.1) is 0 Å². The highest BCUT2D eigenvalue weighted by Crippen LogP contribution is 2.28. The molecule has 1 atom stereocenters. The van der Waals surface area contributed by atoms with Gasteiger partial charge in [-0.1, -0.05) is 6.07 Å². The number of rotatable bonds is 4. The number of alkyl halides is 1. The molecular formula is C18H24FN3O3. The van der Waals surface area contributed by atoms with Crippen molar-refractivity contribution >= 4 is 11.8 Å². The van der Waals surface area contributed by atoms with Crippen molar-refractivity contribution in [3.05, 3.63) is 30.1 Å². The molecule has 0 spiro atoms. The number of hydrogen-bond acceptors (Lipinski definition) is 4. The van der Waals surface area contributed by atoms with E-state index in [1.807, 2.05) is 6.07 Å². The molecule has 2 fully saturated rings. The van der Waals surface area contributed by atoms with Gasteiger partial charge in [-0.25, -0.2) is 4.39 Å². The Balaban J connectivity index is 1.58. The Morgan fingerprint density at radius 1 is 1.40 bits per heavy atom. The van der Waals surface area contributed by atoms with E-state index in [9.17, 15) is 9.59 Å². The predicted molar refractivity (Wildman–Crippen MR) is 89.3 cm³/mol. The summed E-state index contributed by atoms with van der Waals surface area (Å²) in [5.41, 5.74) is -1.22. The highest BCUT2D eigenvalue weighted by molar-refractivity contribution is 5.87. The lowest BCUT2D eigenvalue weighted by molar-refractivity contribution is -0.147. The molecule has 2 aliphatic heterocycles. The summed E-state index contributed by atoms with van der Waals surface area (Å²) in [6.07, 6.45) is 5.24. The van der Waals surface area contributed by atoms with Crippen LogP contribution in [0.25, 0.3) is 0 Å². The number of carbonyl (C=O) groups excluding carboxylic acids is 2. The molecule has 0 aromatic carbocycles. The van der Waals surface area contributed by atoms with Crippen molar-refractivity contribution in [3.8, 4) is 0 Å². The zero-order valence-corrected chi connectivity index (χ0v) is 14.2. The van der Waals surface area contributed by atoms with Crippen molar-refractivity contribution in [2.75, 3.05) is 26.3 Å². The third kappa shape index (κ3) is 4.34. The zero-order chi connectivity index (χ0) is 17.7. The van der Waals surface area contributed by atoms with Gasteiger partial charge in [0.1, 0.15) is 0 Å². The largest absolute Gasteiger partial charge is 0.381 e. The third-order valence-electron chi connectivity index (χ3n) is 4.91. The average molecular weight is 349 g/mol. The summed E-state index contributed by atoms with van der Waals surface area (Å²) in [5, 5.41) is 2.64. The Hall–Kier alpha value is -2.02. The number of nitrogens with zero attached hydrogens (tertiary/aromatic N) is 2.